The molecule has 2 atom stereocenters. The van der Waals surface area contributed by atoms with Crippen molar-refractivity contribution < 1.29 is 32.8 Å². The number of carbonyl (C=O) groups excluding carboxylic acids is 3. The van der Waals surface area contributed by atoms with Gasteiger partial charge in [0.2, 0.25) is 5.91 Å². The molecule has 0 aliphatic heterocycles. The molecule has 0 heterocycles. The van der Waals surface area contributed by atoms with E-state index in [9.17, 15) is 33.3 Å². The highest BCUT2D eigenvalue weighted by molar-refractivity contribution is 5.97. The fraction of sp³-hybridized carbons (Fsp3) is 0.250. The lowest BCUT2D eigenvalue weighted by atomic mass is 9.87. The molecule has 0 radical (unpaired) electrons. The number of hydrogen-bond acceptors (Lipinski definition) is 6. The summed E-state index contributed by atoms with van der Waals surface area (Å²) in [4.78, 5) is 47.0. The van der Waals surface area contributed by atoms with Crippen molar-refractivity contribution in [1.82, 2.24) is 5.32 Å². The monoisotopic (exact) mass is 435 g/mol. The van der Waals surface area contributed by atoms with E-state index in [1.54, 1.807) is 6.92 Å². The normalized spacial score (nSPS) is 12.5. The second kappa shape index (κ2) is 10.2. The lowest BCUT2D eigenvalue weighted by Crippen LogP contribution is -2.48. The van der Waals surface area contributed by atoms with Crippen LogP contribution in [0.25, 0.3) is 0 Å². The molecule has 11 heteroatoms. The van der Waals surface area contributed by atoms with E-state index in [2.05, 4.69) is 5.32 Å². The van der Waals surface area contributed by atoms with Gasteiger partial charge in [-0.3, -0.25) is 24.5 Å². The van der Waals surface area contributed by atoms with Crippen LogP contribution in [0, 0.1) is 21.7 Å². The molecule has 0 fully saturated rings. The molecular weight excluding hydrogens is 416 g/mol. The number of benzene rings is 2. The van der Waals surface area contributed by atoms with Crippen LogP contribution in [0.4, 0.5) is 14.5 Å². The number of ether oxygens (including phenoxy) is 1. The van der Waals surface area contributed by atoms with E-state index in [0.29, 0.717) is 11.6 Å². The number of primary amides is 1. The van der Waals surface area contributed by atoms with Crippen LogP contribution in [0.15, 0.2) is 42.5 Å². The Balaban J connectivity index is 2.39. The molecule has 0 aliphatic rings. The van der Waals surface area contributed by atoms with Gasteiger partial charge in [-0.1, -0.05) is 12.1 Å². The molecule has 2 rings (SSSR count). The molecule has 0 bridgehead atoms. The van der Waals surface area contributed by atoms with Gasteiger partial charge >= 0.3 is 5.97 Å². The van der Waals surface area contributed by atoms with Crippen molar-refractivity contribution in [2.45, 2.75) is 25.3 Å². The number of non-ortho nitro benzene ring substituents is 1. The zero-order valence-electron chi connectivity index (χ0n) is 16.3. The zero-order valence-corrected chi connectivity index (χ0v) is 16.3. The maximum atomic E-state index is 13.5. The number of halogens is 2. The number of rotatable bonds is 9. The maximum Gasteiger partial charge on any atom is 0.306 e. The molecule has 2 amide bonds. The number of amides is 2. The van der Waals surface area contributed by atoms with E-state index in [-0.39, 0.29) is 24.3 Å². The van der Waals surface area contributed by atoms with Crippen molar-refractivity contribution in [1.29, 1.82) is 0 Å². The summed E-state index contributed by atoms with van der Waals surface area (Å²) < 4.78 is 31.5. The Morgan fingerprint density at radius 2 is 1.77 bits per heavy atom. The third-order valence-corrected chi connectivity index (χ3v) is 4.40. The first-order chi connectivity index (χ1) is 14.6. The fourth-order valence-electron chi connectivity index (χ4n) is 2.90. The van der Waals surface area contributed by atoms with Crippen LogP contribution in [0.5, 0.6) is 0 Å². The molecule has 3 N–H and O–H groups in total. The highest BCUT2D eigenvalue weighted by atomic mass is 19.2. The van der Waals surface area contributed by atoms with E-state index in [1.807, 2.05) is 0 Å². The van der Waals surface area contributed by atoms with Crippen LogP contribution in [0.3, 0.4) is 0 Å². The molecule has 0 aromatic heterocycles. The predicted octanol–water partition coefficient (Wildman–Crippen LogP) is 2.19. The second-order valence-corrected chi connectivity index (χ2v) is 6.45. The van der Waals surface area contributed by atoms with Crippen molar-refractivity contribution >= 4 is 23.5 Å². The molecule has 2 aromatic carbocycles. The molecule has 0 spiro atoms. The van der Waals surface area contributed by atoms with E-state index < -0.39 is 46.3 Å². The number of nitro benzene ring substituents is 1. The highest BCUT2D eigenvalue weighted by Gasteiger charge is 2.32. The van der Waals surface area contributed by atoms with Crippen LogP contribution >= 0.6 is 0 Å². The Bertz CT molecular complexity index is 997. The van der Waals surface area contributed by atoms with Crippen molar-refractivity contribution in [3.05, 3.63) is 75.3 Å². The molecule has 0 saturated carbocycles. The lowest BCUT2D eigenvalue weighted by Gasteiger charge is -2.25. The number of nitrogens with two attached hydrogens (primary N) is 1. The van der Waals surface area contributed by atoms with Gasteiger partial charge in [-0.25, -0.2) is 8.78 Å². The summed E-state index contributed by atoms with van der Waals surface area (Å²) in [5.41, 5.74) is 5.24. The van der Waals surface area contributed by atoms with Gasteiger partial charge in [-0.15, -0.1) is 0 Å². The zero-order chi connectivity index (χ0) is 23.1. The van der Waals surface area contributed by atoms with Crippen molar-refractivity contribution in [2.24, 2.45) is 5.73 Å². The van der Waals surface area contributed by atoms with Gasteiger partial charge in [-0.2, -0.15) is 0 Å². The van der Waals surface area contributed by atoms with Crippen LogP contribution in [-0.4, -0.2) is 35.4 Å². The Morgan fingerprint density at radius 1 is 1.13 bits per heavy atom. The quantitative estimate of drug-likeness (QED) is 0.351. The van der Waals surface area contributed by atoms with Crippen LogP contribution in [0.2, 0.25) is 0 Å². The third kappa shape index (κ3) is 6.04. The SMILES string of the molecule is CCOC(=O)C[C@H](c1ccc([N+](=O)[O-])cc1)[C@@H](NC(=O)c1ccc(F)c(F)c1)C(N)=O. The standard InChI is InChI=1S/C20H19F2N3O6/c1-2-31-17(26)10-14(11-3-6-13(7-4-11)25(29)30)18(19(23)27)24-20(28)12-5-8-15(21)16(22)9-12/h3-9,14,18H,2,10H2,1H3,(H2,23,27)(H,24,28)/t14-,18-/m1/s1. The number of nitrogens with zero attached hydrogens (tertiary/aromatic N) is 1. The van der Waals surface area contributed by atoms with Gasteiger partial charge in [0.05, 0.1) is 18.0 Å². The lowest BCUT2D eigenvalue weighted by molar-refractivity contribution is -0.384. The van der Waals surface area contributed by atoms with Crippen LogP contribution in [0.1, 0.15) is 35.2 Å². The maximum absolute atomic E-state index is 13.5. The summed E-state index contributed by atoms with van der Waals surface area (Å²) in [5.74, 6) is -6.09. The number of hydrogen-bond donors (Lipinski definition) is 2. The Hall–Kier alpha value is -3.89. The topological polar surface area (TPSA) is 142 Å². The van der Waals surface area contributed by atoms with Crippen LogP contribution < -0.4 is 11.1 Å². The van der Waals surface area contributed by atoms with E-state index >= 15 is 0 Å². The molecule has 31 heavy (non-hydrogen) atoms. The van der Waals surface area contributed by atoms with Crippen LogP contribution in [-0.2, 0) is 14.3 Å². The van der Waals surface area contributed by atoms with Gasteiger partial charge in [0.15, 0.2) is 11.6 Å². The number of nitrogens with one attached hydrogen (secondary N) is 1. The third-order valence-electron chi connectivity index (χ3n) is 4.40. The van der Waals surface area contributed by atoms with Crippen molar-refractivity contribution in [3.63, 3.8) is 0 Å². The summed E-state index contributed by atoms with van der Waals surface area (Å²) in [6.07, 6.45) is -0.378. The summed E-state index contributed by atoms with van der Waals surface area (Å²) in [5, 5.41) is 13.2. The average molecular weight is 435 g/mol. The molecule has 0 saturated heterocycles. The fourth-order valence-corrected chi connectivity index (χ4v) is 2.90. The average Bonchev–Trinajstić information content (AvgIpc) is 2.72. The number of esters is 1. The Morgan fingerprint density at radius 3 is 2.29 bits per heavy atom. The first kappa shape index (κ1) is 23.4. The Labute approximate surface area is 175 Å². The minimum absolute atomic E-state index is 0.0638. The van der Waals surface area contributed by atoms with E-state index in [0.717, 1.165) is 12.1 Å². The summed E-state index contributed by atoms with van der Waals surface area (Å²) in [6.45, 7) is 1.64. The van der Waals surface area contributed by atoms with Crippen molar-refractivity contribution in [2.75, 3.05) is 6.61 Å². The first-order valence-electron chi connectivity index (χ1n) is 9.09. The molecule has 164 valence electrons. The second-order valence-electron chi connectivity index (χ2n) is 6.45. The van der Waals surface area contributed by atoms with Gasteiger partial charge < -0.3 is 15.8 Å². The molecular formula is C20H19F2N3O6. The minimum Gasteiger partial charge on any atom is -0.466 e. The van der Waals surface area contributed by atoms with Gasteiger partial charge in [0, 0.05) is 23.6 Å². The van der Waals surface area contributed by atoms with Crippen molar-refractivity contribution in [3.8, 4) is 0 Å². The van der Waals surface area contributed by atoms with Gasteiger partial charge in [-0.05, 0) is 30.7 Å². The van der Waals surface area contributed by atoms with E-state index in [4.69, 9.17) is 10.5 Å². The summed E-state index contributed by atoms with van der Waals surface area (Å²) in [6, 6.07) is 5.93. The first-order valence-corrected chi connectivity index (χ1v) is 9.09. The minimum atomic E-state index is -1.45. The number of carbonyl (C=O) groups is 3. The largest absolute Gasteiger partial charge is 0.466 e. The van der Waals surface area contributed by atoms with Gasteiger partial charge in [0.25, 0.3) is 11.6 Å². The molecule has 2 aromatic rings. The smallest absolute Gasteiger partial charge is 0.306 e. The Kier molecular flexibility index (Phi) is 7.72. The molecule has 0 aliphatic carbocycles. The van der Waals surface area contributed by atoms with E-state index in [1.165, 1.54) is 24.3 Å². The summed E-state index contributed by atoms with van der Waals surface area (Å²) in [7, 11) is 0. The number of nitro groups is 1. The predicted molar refractivity (Wildman–Crippen MR) is 104 cm³/mol. The summed E-state index contributed by atoms with van der Waals surface area (Å²) >= 11 is 0. The van der Waals surface area contributed by atoms with Gasteiger partial charge in [0.1, 0.15) is 6.04 Å². The molecule has 9 nitrogen and oxygen atoms in total. The molecule has 0 unspecified atom stereocenters. The highest BCUT2D eigenvalue weighted by Crippen LogP contribution is 2.27.